The number of hydrogen-bond acceptors (Lipinski definition) is 3. The Morgan fingerprint density at radius 3 is 2.70 bits per heavy atom. The van der Waals surface area contributed by atoms with Crippen LogP contribution in [0.5, 0.6) is 0 Å². The summed E-state index contributed by atoms with van der Waals surface area (Å²) < 4.78 is 2.18. The maximum absolute atomic E-state index is 10.4. The van der Waals surface area contributed by atoms with E-state index in [1.807, 2.05) is 20.0 Å². The Balaban J connectivity index is 2.27. The van der Waals surface area contributed by atoms with E-state index in [4.69, 9.17) is 4.98 Å². The molecule has 1 aromatic carbocycles. The molecule has 0 aliphatic carbocycles. The first kappa shape index (κ1) is 15.9. The van der Waals surface area contributed by atoms with E-state index in [0.29, 0.717) is 6.54 Å². The van der Waals surface area contributed by atoms with Gasteiger partial charge in [0.1, 0.15) is 11.3 Å². The number of aryl methyl sites for hydroxylation is 2. The van der Waals surface area contributed by atoms with Gasteiger partial charge in [-0.1, -0.05) is 25.5 Å². The Morgan fingerprint density at radius 2 is 2.00 bits per heavy atom. The summed E-state index contributed by atoms with van der Waals surface area (Å²) in [7, 11) is 0. The molecular formula is C19H25N3O. The largest absolute Gasteiger partial charge is 0.389 e. The summed E-state index contributed by atoms with van der Waals surface area (Å²) in [5.74, 6) is 1.04. The number of pyridine rings is 1. The molecule has 4 nitrogen and oxygen atoms in total. The maximum Gasteiger partial charge on any atom is 0.110 e. The van der Waals surface area contributed by atoms with E-state index in [9.17, 15) is 5.11 Å². The number of imidazole rings is 1. The lowest BCUT2D eigenvalue weighted by Crippen LogP contribution is -2.27. The first-order valence-electron chi connectivity index (χ1n) is 8.36. The van der Waals surface area contributed by atoms with Crippen molar-refractivity contribution in [3.63, 3.8) is 0 Å². The molecule has 122 valence electrons. The first-order chi connectivity index (χ1) is 10.9. The summed E-state index contributed by atoms with van der Waals surface area (Å²) in [6.07, 6.45) is 5.01. The summed E-state index contributed by atoms with van der Waals surface area (Å²) in [5.41, 5.74) is 3.40. The highest BCUT2D eigenvalue weighted by atomic mass is 16.3. The fraction of sp³-hybridized carbons (Fsp3) is 0.474. The first-order valence-corrected chi connectivity index (χ1v) is 8.36. The molecule has 23 heavy (non-hydrogen) atoms. The topological polar surface area (TPSA) is 50.9 Å². The summed E-state index contributed by atoms with van der Waals surface area (Å²) in [5, 5.41) is 11.5. The van der Waals surface area contributed by atoms with Gasteiger partial charge >= 0.3 is 0 Å². The van der Waals surface area contributed by atoms with Crippen LogP contribution in [0.2, 0.25) is 0 Å². The van der Waals surface area contributed by atoms with Gasteiger partial charge in [-0.3, -0.25) is 4.98 Å². The number of benzene rings is 1. The van der Waals surface area contributed by atoms with Crippen LogP contribution in [0.25, 0.3) is 21.9 Å². The van der Waals surface area contributed by atoms with Crippen molar-refractivity contribution in [1.82, 2.24) is 14.5 Å². The zero-order valence-electron chi connectivity index (χ0n) is 14.4. The summed E-state index contributed by atoms with van der Waals surface area (Å²) >= 11 is 0. The van der Waals surface area contributed by atoms with E-state index in [2.05, 4.69) is 41.6 Å². The van der Waals surface area contributed by atoms with Gasteiger partial charge in [-0.05, 0) is 38.8 Å². The smallest absolute Gasteiger partial charge is 0.110 e. The average Bonchev–Trinajstić information content (AvgIpc) is 2.81. The van der Waals surface area contributed by atoms with Gasteiger partial charge in [0.2, 0.25) is 0 Å². The molecule has 3 aromatic rings. The second-order valence-electron chi connectivity index (χ2n) is 7.04. The van der Waals surface area contributed by atoms with Gasteiger partial charge in [-0.2, -0.15) is 0 Å². The van der Waals surface area contributed by atoms with Crippen LogP contribution >= 0.6 is 0 Å². The average molecular weight is 311 g/mol. The lowest BCUT2D eigenvalue weighted by atomic mass is 10.1. The van der Waals surface area contributed by atoms with E-state index in [1.54, 1.807) is 0 Å². The van der Waals surface area contributed by atoms with E-state index >= 15 is 0 Å². The number of nitrogens with zero attached hydrogens (tertiary/aromatic N) is 3. The summed E-state index contributed by atoms with van der Waals surface area (Å²) in [6.45, 7) is 8.48. The third-order valence-corrected chi connectivity index (χ3v) is 4.11. The fourth-order valence-corrected chi connectivity index (χ4v) is 3.06. The van der Waals surface area contributed by atoms with Gasteiger partial charge in [-0.15, -0.1) is 0 Å². The Kier molecular flexibility index (Phi) is 4.11. The molecule has 4 heteroatoms. The van der Waals surface area contributed by atoms with Crippen molar-refractivity contribution in [1.29, 1.82) is 0 Å². The van der Waals surface area contributed by atoms with Gasteiger partial charge < -0.3 is 9.67 Å². The van der Waals surface area contributed by atoms with Crippen LogP contribution in [0, 0.1) is 6.92 Å². The van der Waals surface area contributed by atoms with Crippen LogP contribution in [-0.4, -0.2) is 25.2 Å². The zero-order valence-corrected chi connectivity index (χ0v) is 14.4. The maximum atomic E-state index is 10.4. The number of hydrogen-bond donors (Lipinski definition) is 1. The van der Waals surface area contributed by atoms with E-state index < -0.39 is 5.60 Å². The molecule has 0 atom stereocenters. The zero-order chi connectivity index (χ0) is 16.6. The molecule has 0 radical (unpaired) electrons. The van der Waals surface area contributed by atoms with Crippen LogP contribution in [0.1, 0.15) is 45.0 Å². The quantitative estimate of drug-likeness (QED) is 0.774. The summed E-state index contributed by atoms with van der Waals surface area (Å²) in [4.78, 5) is 9.36. The van der Waals surface area contributed by atoms with Gasteiger partial charge in [0.25, 0.3) is 0 Å². The molecule has 2 aromatic heterocycles. The molecule has 1 N–H and O–H groups in total. The highest BCUT2D eigenvalue weighted by Gasteiger charge is 2.20. The van der Waals surface area contributed by atoms with Gasteiger partial charge in [0.15, 0.2) is 0 Å². The predicted octanol–water partition coefficient (Wildman–Crippen LogP) is 4.01. The van der Waals surface area contributed by atoms with Crippen molar-refractivity contribution in [2.24, 2.45) is 0 Å². The molecule has 0 spiro atoms. The molecule has 2 heterocycles. The van der Waals surface area contributed by atoms with Crippen molar-refractivity contribution in [3.8, 4) is 0 Å². The minimum atomic E-state index is -0.783. The molecule has 0 amide bonds. The van der Waals surface area contributed by atoms with E-state index in [0.717, 1.165) is 47.0 Å². The van der Waals surface area contributed by atoms with E-state index in [-0.39, 0.29) is 0 Å². The minimum absolute atomic E-state index is 0.537. The van der Waals surface area contributed by atoms with Crippen LogP contribution in [0.3, 0.4) is 0 Å². The third kappa shape index (κ3) is 3.22. The van der Waals surface area contributed by atoms with Crippen molar-refractivity contribution < 1.29 is 5.11 Å². The number of unbranched alkanes of at least 4 members (excludes halogenated alkanes) is 1. The predicted molar refractivity (Wildman–Crippen MR) is 94.7 cm³/mol. The lowest BCUT2D eigenvalue weighted by Gasteiger charge is -2.20. The van der Waals surface area contributed by atoms with Crippen LogP contribution in [0.4, 0.5) is 0 Å². The number of rotatable bonds is 5. The molecule has 0 bridgehead atoms. The SMILES string of the molecule is CCCCc1nc2cnc3cc(C)ccc3c2n1CC(C)(C)O. The Morgan fingerprint density at radius 1 is 1.22 bits per heavy atom. The third-order valence-electron chi connectivity index (χ3n) is 4.11. The number of aliphatic hydroxyl groups is 1. The molecule has 0 unspecified atom stereocenters. The second kappa shape index (κ2) is 5.93. The van der Waals surface area contributed by atoms with Crippen LogP contribution < -0.4 is 0 Å². The molecular weight excluding hydrogens is 286 g/mol. The lowest BCUT2D eigenvalue weighted by molar-refractivity contribution is 0.0618. The second-order valence-corrected chi connectivity index (χ2v) is 7.04. The van der Waals surface area contributed by atoms with Crippen molar-refractivity contribution in [2.45, 2.75) is 59.1 Å². The van der Waals surface area contributed by atoms with Crippen molar-refractivity contribution >= 4 is 21.9 Å². The molecule has 0 fully saturated rings. The molecule has 0 saturated carbocycles. The van der Waals surface area contributed by atoms with Crippen LogP contribution in [0.15, 0.2) is 24.4 Å². The Hall–Kier alpha value is -1.94. The van der Waals surface area contributed by atoms with Gasteiger partial charge in [0, 0.05) is 11.8 Å². The van der Waals surface area contributed by atoms with Crippen molar-refractivity contribution in [2.75, 3.05) is 0 Å². The highest BCUT2D eigenvalue weighted by Crippen LogP contribution is 2.27. The molecule has 0 aliphatic heterocycles. The Labute approximate surface area is 137 Å². The summed E-state index contributed by atoms with van der Waals surface area (Å²) in [6, 6.07) is 6.32. The molecule has 0 saturated heterocycles. The minimum Gasteiger partial charge on any atom is -0.389 e. The standard InChI is InChI=1S/C19H25N3O/c1-5-6-7-17-21-16-11-20-15-10-13(2)8-9-14(15)18(16)22(17)12-19(3,4)23/h8-11,23H,5-7,12H2,1-4H3. The fourth-order valence-electron chi connectivity index (χ4n) is 3.06. The normalized spacial score (nSPS) is 12.4. The molecule has 3 rings (SSSR count). The van der Waals surface area contributed by atoms with Gasteiger partial charge in [-0.25, -0.2) is 4.98 Å². The molecule has 0 aliphatic rings. The van der Waals surface area contributed by atoms with Crippen molar-refractivity contribution in [3.05, 3.63) is 35.8 Å². The highest BCUT2D eigenvalue weighted by molar-refractivity contribution is 6.02. The monoisotopic (exact) mass is 311 g/mol. The van der Waals surface area contributed by atoms with E-state index in [1.165, 1.54) is 5.56 Å². The van der Waals surface area contributed by atoms with Gasteiger partial charge in [0.05, 0.1) is 29.4 Å². The van der Waals surface area contributed by atoms with Crippen LogP contribution in [-0.2, 0) is 13.0 Å². The number of fused-ring (bicyclic) bond motifs is 3. The Bertz CT molecular complexity index is 843. The number of aromatic nitrogens is 3.